The molecule has 0 heterocycles. The van der Waals surface area contributed by atoms with Crippen molar-refractivity contribution in [2.75, 3.05) is 13.6 Å². The third-order valence-corrected chi connectivity index (χ3v) is 2.33. The van der Waals surface area contributed by atoms with Crippen molar-refractivity contribution in [3.63, 3.8) is 0 Å². The normalized spacial score (nSPS) is 12.2. The maximum Gasteiger partial charge on any atom is 0.221 e. The van der Waals surface area contributed by atoms with Crippen molar-refractivity contribution < 1.29 is 9.18 Å². The molecule has 0 aromatic heterocycles. The lowest BCUT2D eigenvalue weighted by atomic mass is 10.1. The van der Waals surface area contributed by atoms with Crippen LogP contribution in [0.1, 0.15) is 24.9 Å². The van der Waals surface area contributed by atoms with Crippen LogP contribution >= 0.6 is 0 Å². The van der Waals surface area contributed by atoms with Crippen molar-refractivity contribution in [1.82, 2.24) is 10.6 Å². The van der Waals surface area contributed by atoms with Crippen LogP contribution in [-0.2, 0) is 4.79 Å². The molecular weight excluding hydrogens is 207 g/mol. The highest BCUT2D eigenvalue weighted by molar-refractivity contribution is 5.76. The largest absolute Gasteiger partial charge is 0.350 e. The SMILES string of the molecule is CNCCC(=O)NC(C)c1cccc(F)c1. The predicted octanol–water partition coefficient (Wildman–Crippen LogP) is 1.61. The molecule has 0 spiro atoms. The van der Waals surface area contributed by atoms with Crippen LogP contribution in [0.4, 0.5) is 4.39 Å². The molecule has 1 amide bonds. The Labute approximate surface area is 95.0 Å². The standard InChI is InChI=1S/C12H17FN2O/c1-9(15-12(16)6-7-14-2)10-4-3-5-11(13)8-10/h3-5,8-9,14H,6-7H2,1-2H3,(H,15,16). The Hall–Kier alpha value is -1.42. The van der Waals surface area contributed by atoms with Gasteiger partial charge in [0, 0.05) is 13.0 Å². The number of carbonyl (C=O) groups is 1. The van der Waals surface area contributed by atoms with Crippen LogP contribution in [0.2, 0.25) is 0 Å². The second kappa shape index (κ2) is 6.23. The van der Waals surface area contributed by atoms with Gasteiger partial charge in [0.05, 0.1) is 6.04 Å². The first kappa shape index (κ1) is 12.6. The van der Waals surface area contributed by atoms with E-state index in [2.05, 4.69) is 10.6 Å². The van der Waals surface area contributed by atoms with Crippen LogP contribution in [0.3, 0.4) is 0 Å². The summed E-state index contributed by atoms with van der Waals surface area (Å²) in [5.41, 5.74) is 0.776. The molecule has 1 aromatic rings. The Kier molecular flexibility index (Phi) is 4.92. The average Bonchev–Trinajstić information content (AvgIpc) is 2.26. The summed E-state index contributed by atoms with van der Waals surface area (Å²) in [6, 6.07) is 6.09. The molecule has 88 valence electrons. The Morgan fingerprint density at radius 1 is 1.50 bits per heavy atom. The number of rotatable bonds is 5. The second-order valence-corrected chi connectivity index (χ2v) is 3.70. The smallest absolute Gasteiger partial charge is 0.221 e. The molecule has 16 heavy (non-hydrogen) atoms. The maximum absolute atomic E-state index is 12.9. The van der Waals surface area contributed by atoms with E-state index in [0.717, 1.165) is 5.56 Å². The van der Waals surface area contributed by atoms with E-state index in [-0.39, 0.29) is 17.8 Å². The molecule has 1 atom stereocenters. The molecule has 0 aliphatic heterocycles. The molecule has 4 heteroatoms. The highest BCUT2D eigenvalue weighted by atomic mass is 19.1. The highest BCUT2D eigenvalue weighted by Gasteiger charge is 2.09. The lowest BCUT2D eigenvalue weighted by Gasteiger charge is -2.14. The van der Waals surface area contributed by atoms with Crippen molar-refractivity contribution in [1.29, 1.82) is 0 Å². The van der Waals surface area contributed by atoms with Crippen LogP contribution in [-0.4, -0.2) is 19.5 Å². The van der Waals surface area contributed by atoms with Gasteiger partial charge in [0.25, 0.3) is 0 Å². The highest BCUT2D eigenvalue weighted by Crippen LogP contribution is 2.13. The van der Waals surface area contributed by atoms with Gasteiger partial charge in [-0.2, -0.15) is 0 Å². The van der Waals surface area contributed by atoms with Crippen molar-refractivity contribution >= 4 is 5.91 Å². The van der Waals surface area contributed by atoms with Crippen LogP contribution < -0.4 is 10.6 Å². The van der Waals surface area contributed by atoms with Gasteiger partial charge in [0.2, 0.25) is 5.91 Å². The minimum atomic E-state index is -0.283. The summed E-state index contributed by atoms with van der Waals surface area (Å²) in [5, 5.41) is 5.71. The maximum atomic E-state index is 12.9. The summed E-state index contributed by atoms with van der Waals surface area (Å²) < 4.78 is 12.9. The van der Waals surface area contributed by atoms with Crippen molar-refractivity contribution in [2.45, 2.75) is 19.4 Å². The van der Waals surface area contributed by atoms with E-state index in [0.29, 0.717) is 13.0 Å². The Morgan fingerprint density at radius 2 is 2.25 bits per heavy atom. The topological polar surface area (TPSA) is 41.1 Å². The first-order chi connectivity index (χ1) is 7.63. The van der Waals surface area contributed by atoms with E-state index < -0.39 is 0 Å². The zero-order valence-electron chi connectivity index (χ0n) is 9.59. The van der Waals surface area contributed by atoms with E-state index in [4.69, 9.17) is 0 Å². The molecule has 0 aliphatic rings. The molecule has 0 radical (unpaired) electrons. The lowest BCUT2D eigenvalue weighted by molar-refractivity contribution is -0.121. The Bertz CT molecular complexity index is 355. The average molecular weight is 224 g/mol. The number of hydrogen-bond donors (Lipinski definition) is 2. The summed E-state index contributed by atoms with van der Waals surface area (Å²) in [5.74, 6) is -0.320. The Balaban J connectivity index is 2.52. The van der Waals surface area contributed by atoms with E-state index in [1.165, 1.54) is 12.1 Å². The first-order valence-corrected chi connectivity index (χ1v) is 5.33. The van der Waals surface area contributed by atoms with Crippen molar-refractivity contribution in [3.8, 4) is 0 Å². The van der Waals surface area contributed by atoms with E-state index in [1.807, 2.05) is 6.92 Å². The van der Waals surface area contributed by atoms with Gasteiger partial charge in [-0.15, -0.1) is 0 Å². The predicted molar refractivity (Wildman–Crippen MR) is 61.5 cm³/mol. The molecule has 0 aliphatic carbocycles. The third kappa shape index (κ3) is 3.98. The lowest BCUT2D eigenvalue weighted by Crippen LogP contribution is -2.29. The van der Waals surface area contributed by atoms with Gasteiger partial charge in [-0.25, -0.2) is 4.39 Å². The molecule has 1 aromatic carbocycles. The molecule has 1 unspecified atom stereocenters. The van der Waals surface area contributed by atoms with E-state index >= 15 is 0 Å². The van der Waals surface area contributed by atoms with Crippen LogP contribution in [0.15, 0.2) is 24.3 Å². The van der Waals surface area contributed by atoms with Crippen molar-refractivity contribution in [3.05, 3.63) is 35.6 Å². The number of carbonyl (C=O) groups excluding carboxylic acids is 1. The quantitative estimate of drug-likeness (QED) is 0.798. The summed E-state index contributed by atoms with van der Waals surface area (Å²) in [4.78, 5) is 11.4. The van der Waals surface area contributed by atoms with Gasteiger partial charge in [0.15, 0.2) is 0 Å². The monoisotopic (exact) mass is 224 g/mol. The molecule has 3 nitrogen and oxygen atoms in total. The number of nitrogens with one attached hydrogen (secondary N) is 2. The molecule has 0 bridgehead atoms. The van der Waals surface area contributed by atoms with Crippen LogP contribution in [0.5, 0.6) is 0 Å². The van der Waals surface area contributed by atoms with Gasteiger partial charge < -0.3 is 10.6 Å². The second-order valence-electron chi connectivity index (χ2n) is 3.70. The fourth-order valence-corrected chi connectivity index (χ4v) is 1.41. The minimum Gasteiger partial charge on any atom is -0.350 e. The van der Waals surface area contributed by atoms with E-state index in [1.54, 1.807) is 19.2 Å². The molecule has 0 fully saturated rings. The fraction of sp³-hybridized carbons (Fsp3) is 0.417. The van der Waals surface area contributed by atoms with Crippen LogP contribution in [0.25, 0.3) is 0 Å². The van der Waals surface area contributed by atoms with Crippen molar-refractivity contribution in [2.24, 2.45) is 0 Å². The first-order valence-electron chi connectivity index (χ1n) is 5.33. The van der Waals surface area contributed by atoms with Gasteiger partial charge in [0.1, 0.15) is 5.82 Å². The van der Waals surface area contributed by atoms with Gasteiger partial charge in [-0.05, 0) is 31.7 Å². The fourth-order valence-electron chi connectivity index (χ4n) is 1.41. The molecule has 1 rings (SSSR count). The van der Waals surface area contributed by atoms with Gasteiger partial charge in [-0.1, -0.05) is 12.1 Å². The van der Waals surface area contributed by atoms with Crippen LogP contribution in [0, 0.1) is 5.82 Å². The number of amides is 1. The zero-order valence-corrected chi connectivity index (χ0v) is 9.59. The summed E-state index contributed by atoms with van der Waals surface area (Å²) in [6.07, 6.45) is 0.427. The van der Waals surface area contributed by atoms with Gasteiger partial charge in [-0.3, -0.25) is 4.79 Å². The number of hydrogen-bond acceptors (Lipinski definition) is 2. The summed E-state index contributed by atoms with van der Waals surface area (Å²) >= 11 is 0. The third-order valence-electron chi connectivity index (χ3n) is 2.33. The molecule has 2 N–H and O–H groups in total. The molecule has 0 saturated heterocycles. The Morgan fingerprint density at radius 3 is 2.88 bits per heavy atom. The zero-order chi connectivity index (χ0) is 12.0. The number of halogens is 1. The summed E-state index contributed by atoms with van der Waals surface area (Å²) in [7, 11) is 1.79. The molecule has 0 saturated carbocycles. The van der Waals surface area contributed by atoms with Gasteiger partial charge >= 0.3 is 0 Å². The van der Waals surface area contributed by atoms with E-state index in [9.17, 15) is 9.18 Å². The molecular formula is C12H17FN2O. The minimum absolute atomic E-state index is 0.0360. The number of benzene rings is 1. The summed E-state index contributed by atoms with van der Waals surface area (Å²) in [6.45, 7) is 2.48.